The molecule has 3 N–H and O–H groups in total. The van der Waals surface area contributed by atoms with Crippen LogP contribution in [0.5, 0.6) is 0 Å². The summed E-state index contributed by atoms with van der Waals surface area (Å²) in [6.45, 7) is 5.43. The van der Waals surface area contributed by atoms with Crippen LogP contribution in [0.1, 0.15) is 49.7 Å². The van der Waals surface area contributed by atoms with Crippen LogP contribution in [0.15, 0.2) is 41.8 Å². The number of urea groups is 1. The molecule has 1 aromatic carbocycles. The molecule has 0 aliphatic carbocycles. The Balaban J connectivity index is 1.97. The Bertz CT molecular complexity index is 685. The molecule has 0 aliphatic heterocycles. The molecule has 2 rings (SSSR count). The third kappa shape index (κ3) is 5.09. The number of thiophene rings is 1. The normalized spacial score (nSPS) is 13.0. The Hall–Kier alpha value is -2.34. The second kappa shape index (κ2) is 8.49. The van der Waals surface area contributed by atoms with Crippen molar-refractivity contribution in [2.24, 2.45) is 0 Å². The zero-order valence-electron chi connectivity index (χ0n) is 14.1. The fraction of sp³-hybridized carbons (Fsp3) is 0.333. The minimum absolute atomic E-state index is 0.0166. The minimum Gasteiger partial charge on any atom is -0.332 e. The smallest absolute Gasteiger partial charge is 0.315 e. The molecule has 0 aliphatic rings. The molecule has 0 saturated heterocycles. The number of benzene rings is 1. The van der Waals surface area contributed by atoms with Gasteiger partial charge in [0.15, 0.2) is 0 Å². The third-order valence-electron chi connectivity index (χ3n) is 3.65. The second-order valence-corrected chi connectivity index (χ2v) is 6.60. The molecule has 0 spiro atoms. The van der Waals surface area contributed by atoms with Crippen LogP contribution >= 0.6 is 11.3 Å². The van der Waals surface area contributed by atoms with E-state index in [1.165, 1.54) is 6.92 Å². The molecule has 2 unspecified atom stereocenters. The van der Waals surface area contributed by atoms with Gasteiger partial charge in [0.25, 0.3) is 0 Å². The summed E-state index contributed by atoms with van der Waals surface area (Å²) in [5, 5.41) is 10.7. The van der Waals surface area contributed by atoms with E-state index in [1.807, 2.05) is 55.6 Å². The van der Waals surface area contributed by atoms with E-state index in [0.717, 1.165) is 22.5 Å². The molecule has 2 aromatic rings. The first kappa shape index (κ1) is 18.0. The van der Waals surface area contributed by atoms with Crippen molar-refractivity contribution in [3.8, 4) is 0 Å². The Morgan fingerprint density at radius 3 is 2.58 bits per heavy atom. The van der Waals surface area contributed by atoms with Crippen molar-refractivity contribution in [3.05, 3.63) is 52.2 Å². The van der Waals surface area contributed by atoms with Crippen molar-refractivity contribution in [3.63, 3.8) is 0 Å². The first-order valence-corrected chi connectivity index (χ1v) is 8.85. The van der Waals surface area contributed by atoms with Gasteiger partial charge < -0.3 is 16.0 Å². The highest BCUT2D eigenvalue weighted by Gasteiger charge is 2.15. The summed E-state index contributed by atoms with van der Waals surface area (Å²) in [5.74, 6) is -0.118. The molecular weight excluding hydrogens is 322 g/mol. The van der Waals surface area contributed by atoms with E-state index in [-0.39, 0.29) is 24.0 Å². The van der Waals surface area contributed by atoms with Crippen LogP contribution in [-0.4, -0.2) is 11.9 Å². The van der Waals surface area contributed by atoms with Gasteiger partial charge in [-0.25, -0.2) is 4.79 Å². The highest BCUT2D eigenvalue weighted by Crippen LogP contribution is 2.22. The summed E-state index contributed by atoms with van der Waals surface area (Å²) < 4.78 is 0. The number of rotatable bonds is 6. The van der Waals surface area contributed by atoms with E-state index in [9.17, 15) is 9.59 Å². The largest absolute Gasteiger partial charge is 0.332 e. The van der Waals surface area contributed by atoms with Gasteiger partial charge in [-0.3, -0.25) is 4.79 Å². The summed E-state index contributed by atoms with van der Waals surface area (Å²) >= 11 is 1.64. The lowest BCUT2D eigenvalue weighted by molar-refractivity contribution is -0.114. The summed E-state index contributed by atoms with van der Waals surface area (Å²) in [4.78, 5) is 24.6. The molecule has 128 valence electrons. The SMILES string of the molecule is CCC(NC(=O)NC(C)c1cccc(NC(C)=O)c1)c1cccs1. The third-order valence-corrected chi connectivity index (χ3v) is 4.64. The van der Waals surface area contributed by atoms with Gasteiger partial charge in [0, 0.05) is 17.5 Å². The molecule has 1 heterocycles. The average Bonchev–Trinajstić information content (AvgIpc) is 3.06. The zero-order chi connectivity index (χ0) is 17.5. The number of amides is 3. The molecule has 24 heavy (non-hydrogen) atoms. The maximum absolute atomic E-state index is 12.3. The summed E-state index contributed by atoms with van der Waals surface area (Å²) in [5.41, 5.74) is 1.65. The van der Waals surface area contributed by atoms with Crippen molar-refractivity contribution in [1.29, 1.82) is 0 Å². The van der Waals surface area contributed by atoms with Crippen LogP contribution in [0.25, 0.3) is 0 Å². The van der Waals surface area contributed by atoms with Gasteiger partial charge in [-0.2, -0.15) is 0 Å². The van der Waals surface area contributed by atoms with Crippen LogP contribution in [-0.2, 0) is 4.79 Å². The quantitative estimate of drug-likeness (QED) is 0.733. The molecule has 0 saturated carbocycles. The van der Waals surface area contributed by atoms with Gasteiger partial charge in [0.05, 0.1) is 12.1 Å². The first-order chi connectivity index (χ1) is 11.5. The van der Waals surface area contributed by atoms with E-state index in [0.29, 0.717) is 0 Å². The Labute approximate surface area is 146 Å². The second-order valence-electron chi connectivity index (χ2n) is 5.62. The van der Waals surface area contributed by atoms with Crippen molar-refractivity contribution in [2.45, 2.75) is 39.3 Å². The van der Waals surface area contributed by atoms with Crippen molar-refractivity contribution in [1.82, 2.24) is 10.6 Å². The van der Waals surface area contributed by atoms with Crippen LogP contribution in [0.3, 0.4) is 0 Å². The van der Waals surface area contributed by atoms with E-state index in [1.54, 1.807) is 11.3 Å². The van der Waals surface area contributed by atoms with Gasteiger partial charge in [0.1, 0.15) is 0 Å². The highest BCUT2D eigenvalue weighted by molar-refractivity contribution is 7.10. The van der Waals surface area contributed by atoms with Crippen LogP contribution in [0.4, 0.5) is 10.5 Å². The first-order valence-electron chi connectivity index (χ1n) is 7.97. The van der Waals surface area contributed by atoms with Gasteiger partial charge in [-0.15, -0.1) is 11.3 Å². The molecule has 1 aromatic heterocycles. The van der Waals surface area contributed by atoms with Gasteiger partial charge in [-0.1, -0.05) is 25.1 Å². The summed E-state index contributed by atoms with van der Waals surface area (Å²) in [6, 6.07) is 11.1. The molecule has 3 amide bonds. The predicted octanol–water partition coefficient (Wildman–Crippen LogP) is 4.22. The molecule has 2 atom stereocenters. The molecule has 0 bridgehead atoms. The Kier molecular flexibility index (Phi) is 6.37. The average molecular weight is 345 g/mol. The molecule has 5 nitrogen and oxygen atoms in total. The summed E-state index contributed by atoms with van der Waals surface area (Å²) in [6.07, 6.45) is 0.834. The maximum Gasteiger partial charge on any atom is 0.315 e. The zero-order valence-corrected chi connectivity index (χ0v) is 14.9. The van der Waals surface area contributed by atoms with Gasteiger partial charge in [0.2, 0.25) is 5.91 Å². The topological polar surface area (TPSA) is 70.2 Å². The minimum atomic E-state index is -0.201. The lowest BCUT2D eigenvalue weighted by atomic mass is 10.1. The Morgan fingerprint density at radius 2 is 1.96 bits per heavy atom. The number of anilines is 1. The monoisotopic (exact) mass is 345 g/mol. The van der Waals surface area contributed by atoms with Crippen molar-refractivity contribution in [2.75, 3.05) is 5.32 Å². The van der Waals surface area contributed by atoms with E-state index in [2.05, 4.69) is 16.0 Å². The fourth-order valence-electron chi connectivity index (χ4n) is 2.43. The van der Waals surface area contributed by atoms with Gasteiger partial charge >= 0.3 is 6.03 Å². The van der Waals surface area contributed by atoms with Crippen molar-refractivity contribution >= 4 is 29.0 Å². The van der Waals surface area contributed by atoms with Crippen molar-refractivity contribution < 1.29 is 9.59 Å². The van der Waals surface area contributed by atoms with Crippen LogP contribution in [0.2, 0.25) is 0 Å². The lowest BCUT2D eigenvalue weighted by Gasteiger charge is -2.20. The molecule has 0 radical (unpaired) electrons. The molecule has 0 fully saturated rings. The molecule has 6 heteroatoms. The van der Waals surface area contributed by atoms with Gasteiger partial charge in [-0.05, 0) is 42.5 Å². The van der Waals surface area contributed by atoms with E-state index < -0.39 is 0 Å². The number of hydrogen-bond donors (Lipinski definition) is 3. The lowest BCUT2D eigenvalue weighted by Crippen LogP contribution is -2.38. The van der Waals surface area contributed by atoms with Crippen LogP contribution in [0, 0.1) is 0 Å². The fourth-order valence-corrected chi connectivity index (χ4v) is 3.29. The predicted molar refractivity (Wildman–Crippen MR) is 98.2 cm³/mol. The summed E-state index contributed by atoms with van der Waals surface area (Å²) in [7, 11) is 0. The Morgan fingerprint density at radius 1 is 1.17 bits per heavy atom. The van der Waals surface area contributed by atoms with E-state index >= 15 is 0 Å². The van der Waals surface area contributed by atoms with E-state index in [4.69, 9.17) is 0 Å². The number of carbonyl (C=O) groups excluding carboxylic acids is 2. The number of nitrogens with one attached hydrogen (secondary N) is 3. The highest BCUT2D eigenvalue weighted by atomic mass is 32.1. The molecular formula is C18H23N3O2S. The number of hydrogen-bond acceptors (Lipinski definition) is 3. The standard InChI is InChI=1S/C18H23N3O2S/c1-4-16(17-9-6-10-24-17)21-18(23)19-12(2)14-7-5-8-15(11-14)20-13(3)22/h5-12,16H,4H2,1-3H3,(H,20,22)(H2,19,21,23). The number of carbonyl (C=O) groups is 2. The van der Waals surface area contributed by atoms with Crippen LogP contribution < -0.4 is 16.0 Å². The maximum atomic E-state index is 12.3.